The highest BCUT2D eigenvalue weighted by molar-refractivity contribution is 5.88. The first kappa shape index (κ1) is 39.1. The average Bonchev–Trinajstić information content (AvgIpc) is 3.17. The summed E-state index contributed by atoms with van der Waals surface area (Å²) in [5.74, 6) is 0. The lowest BCUT2D eigenvalue weighted by molar-refractivity contribution is -0.0135. The molecule has 3 rings (SSSR count). The van der Waals surface area contributed by atoms with Crippen LogP contribution in [0.4, 0.5) is 31.4 Å². The van der Waals surface area contributed by atoms with Gasteiger partial charge in [-0.15, -0.1) is 0 Å². The number of aliphatic imine (C=N–C) groups is 3. The molecule has 0 fully saturated rings. The van der Waals surface area contributed by atoms with E-state index in [-0.39, 0.29) is 45.9 Å². The molecular weight excluding hydrogens is 660 g/mol. The van der Waals surface area contributed by atoms with Crippen LogP contribution in [0.25, 0.3) is 0 Å². The van der Waals surface area contributed by atoms with E-state index in [1.807, 2.05) is 0 Å². The van der Waals surface area contributed by atoms with Crippen LogP contribution >= 0.6 is 0 Å². The molecule has 0 radical (unpaired) electrons. The highest BCUT2D eigenvalue weighted by Crippen LogP contribution is 2.27. The molecule has 51 heavy (non-hydrogen) atoms. The lowest BCUT2D eigenvalue weighted by Gasteiger charge is -2.33. The lowest BCUT2D eigenvalue weighted by atomic mass is 9.88. The van der Waals surface area contributed by atoms with E-state index in [2.05, 4.69) is 15.0 Å². The molecular formula is C36H38N6O9. The van der Waals surface area contributed by atoms with E-state index in [0.29, 0.717) is 17.1 Å². The molecule has 3 aromatic rings. The normalized spacial score (nSPS) is 11.3. The van der Waals surface area contributed by atoms with E-state index in [4.69, 9.17) is 14.2 Å². The minimum atomic E-state index is -1.15. The number of anilines is 3. The Hall–Kier alpha value is -6.39. The summed E-state index contributed by atoms with van der Waals surface area (Å²) >= 11 is 0. The molecule has 0 aliphatic carbocycles. The summed E-state index contributed by atoms with van der Waals surface area (Å²) in [5.41, 5.74) is 2.63. The Bertz CT molecular complexity index is 1570. The number of hydrogen-bond acceptors (Lipinski definition) is 12. The first-order chi connectivity index (χ1) is 24.6. The van der Waals surface area contributed by atoms with E-state index in [0.717, 1.165) is 16.7 Å². The van der Waals surface area contributed by atoms with Crippen LogP contribution in [0.5, 0.6) is 0 Å². The van der Waals surface area contributed by atoms with Gasteiger partial charge < -0.3 is 14.2 Å². The van der Waals surface area contributed by atoms with Gasteiger partial charge >= 0.3 is 18.3 Å². The molecule has 0 spiro atoms. The maximum Gasteiger partial charge on any atom is 0.414 e. The fourth-order valence-corrected chi connectivity index (χ4v) is 4.53. The topological polar surface area (TPSA) is 177 Å². The monoisotopic (exact) mass is 698 g/mol. The van der Waals surface area contributed by atoms with Crippen molar-refractivity contribution in [3.05, 3.63) is 89.5 Å². The second-order valence-corrected chi connectivity index (χ2v) is 11.4. The SMILES string of the molecule is CCC(COC(=O)N(C)c1ccc(CN=C=O)cc1)(COC(=O)N(C)c1ccc(CN=C=O)cc1)COC(=O)N(C)c1ccc(CN=C=O)cc1. The van der Waals surface area contributed by atoms with Crippen molar-refractivity contribution in [2.45, 2.75) is 33.0 Å². The molecule has 0 atom stereocenters. The van der Waals surface area contributed by atoms with Crippen LogP contribution in [0.3, 0.4) is 0 Å². The molecule has 0 saturated heterocycles. The van der Waals surface area contributed by atoms with Crippen molar-refractivity contribution < 1.29 is 43.0 Å². The van der Waals surface area contributed by atoms with Crippen molar-refractivity contribution in [1.82, 2.24) is 0 Å². The molecule has 15 nitrogen and oxygen atoms in total. The van der Waals surface area contributed by atoms with Gasteiger partial charge in [0.25, 0.3) is 0 Å². The molecule has 0 N–H and O–H groups in total. The maximum atomic E-state index is 13.2. The Labute approximate surface area is 294 Å². The molecule has 0 bridgehead atoms. The Morgan fingerprint density at radius 3 is 1.00 bits per heavy atom. The highest BCUT2D eigenvalue weighted by atomic mass is 16.6. The van der Waals surface area contributed by atoms with Crippen LogP contribution in [0.15, 0.2) is 87.8 Å². The molecule has 0 aliphatic rings. The van der Waals surface area contributed by atoms with Crippen LogP contribution in [0.2, 0.25) is 0 Å². The Balaban J connectivity index is 1.75. The van der Waals surface area contributed by atoms with Gasteiger partial charge in [-0.2, -0.15) is 0 Å². The predicted molar refractivity (Wildman–Crippen MR) is 187 cm³/mol. The first-order valence-electron chi connectivity index (χ1n) is 15.7. The van der Waals surface area contributed by atoms with Crippen molar-refractivity contribution in [3.8, 4) is 0 Å². The van der Waals surface area contributed by atoms with Crippen LogP contribution in [-0.4, -0.2) is 77.5 Å². The largest absolute Gasteiger partial charge is 0.448 e. The molecule has 15 heteroatoms. The van der Waals surface area contributed by atoms with Crippen LogP contribution in [-0.2, 0) is 48.2 Å². The minimum absolute atomic E-state index is 0.155. The number of rotatable bonds is 16. The van der Waals surface area contributed by atoms with Gasteiger partial charge in [0.1, 0.15) is 19.8 Å². The summed E-state index contributed by atoms with van der Waals surface area (Å²) < 4.78 is 17.1. The molecule has 3 aromatic carbocycles. The van der Waals surface area contributed by atoms with E-state index in [1.54, 1.807) is 79.7 Å². The number of hydrogen-bond donors (Lipinski definition) is 0. The van der Waals surface area contributed by atoms with E-state index >= 15 is 0 Å². The smallest absolute Gasteiger partial charge is 0.414 e. The number of amides is 3. The minimum Gasteiger partial charge on any atom is -0.448 e. The zero-order valence-electron chi connectivity index (χ0n) is 28.7. The number of isocyanates is 3. The van der Waals surface area contributed by atoms with Crippen LogP contribution in [0, 0.1) is 5.41 Å². The quantitative estimate of drug-likeness (QED) is 0.103. The van der Waals surface area contributed by atoms with Crippen molar-refractivity contribution >= 4 is 53.6 Å². The number of benzene rings is 3. The highest BCUT2D eigenvalue weighted by Gasteiger charge is 2.36. The summed E-state index contributed by atoms with van der Waals surface area (Å²) in [7, 11) is 4.56. The number of ether oxygens (including phenoxy) is 3. The van der Waals surface area contributed by atoms with Crippen molar-refractivity contribution in [2.75, 3.05) is 55.7 Å². The van der Waals surface area contributed by atoms with Crippen LogP contribution < -0.4 is 14.7 Å². The standard InChI is InChI=1S/C36H38N6O9/c1-5-36(21-49-33(46)40(2)30-12-6-27(7-13-30)18-37-24-43,22-50-34(47)41(3)31-14-8-28(9-15-31)19-38-25-44)23-51-35(48)42(4)32-16-10-29(11-17-32)20-39-26-45/h6-17H,5,18-23H2,1-4H3. The van der Waals surface area contributed by atoms with Gasteiger partial charge in [-0.25, -0.2) is 43.7 Å². The molecule has 0 saturated carbocycles. The van der Waals surface area contributed by atoms with Crippen molar-refractivity contribution in [3.63, 3.8) is 0 Å². The fourth-order valence-electron chi connectivity index (χ4n) is 4.53. The fraction of sp³-hybridized carbons (Fsp3) is 0.333. The molecule has 0 aromatic heterocycles. The molecule has 0 aliphatic heterocycles. The van der Waals surface area contributed by atoms with E-state index < -0.39 is 23.7 Å². The third-order valence-electron chi connectivity index (χ3n) is 8.03. The second kappa shape index (κ2) is 19.6. The molecule has 0 unspecified atom stereocenters. The Morgan fingerprint density at radius 2 is 0.784 bits per heavy atom. The summed E-state index contributed by atoms with van der Waals surface area (Å²) in [6, 6.07) is 20.3. The van der Waals surface area contributed by atoms with Gasteiger partial charge in [-0.3, -0.25) is 14.7 Å². The van der Waals surface area contributed by atoms with Gasteiger partial charge in [-0.1, -0.05) is 43.3 Å². The lowest BCUT2D eigenvalue weighted by Crippen LogP contribution is -2.43. The number of nitrogens with zero attached hydrogens (tertiary/aromatic N) is 6. The molecule has 3 amide bonds. The zero-order chi connectivity index (χ0) is 37.2. The van der Waals surface area contributed by atoms with Gasteiger partial charge in [0, 0.05) is 38.2 Å². The zero-order valence-corrected chi connectivity index (χ0v) is 28.7. The Kier molecular flexibility index (Phi) is 15.0. The van der Waals surface area contributed by atoms with Crippen LogP contribution in [0.1, 0.15) is 30.0 Å². The summed E-state index contributed by atoms with van der Waals surface area (Å²) in [5, 5.41) is 0. The number of carbonyl (C=O) groups is 3. The van der Waals surface area contributed by atoms with Crippen molar-refractivity contribution in [1.29, 1.82) is 0 Å². The maximum absolute atomic E-state index is 13.2. The van der Waals surface area contributed by atoms with Gasteiger partial charge in [0.2, 0.25) is 18.2 Å². The third-order valence-corrected chi connectivity index (χ3v) is 8.03. The number of carbonyl (C=O) groups excluding carboxylic acids is 6. The first-order valence-corrected chi connectivity index (χ1v) is 15.7. The summed E-state index contributed by atoms with van der Waals surface area (Å²) in [4.78, 5) is 85.2. The Morgan fingerprint density at radius 1 is 0.529 bits per heavy atom. The van der Waals surface area contributed by atoms with Gasteiger partial charge in [0.05, 0.1) is 25.0 Å². The summed E-state index contributed by atoms with van der Waals surface area (Å²) in [6.07, 6.45) is 2.59. The van der Waals surface area contributed by atoms with Crippen molar-refractivity contribution in [2.24, 2.45) is 20.4 Å². The second-order valence-electron chi connectivity index (χ2n) is 11.4. The van der Waals surface area contributed by atoms with E-state index in [9.17, 15) is 28.8 Å². The summed E-state index contributed by atoms with van der Waals surface area (Å²) in [6.45, 7) is 1.43. The molecule has 0 heterocycles. The van der Waals surface area contributed by atoms with E-state index in [1.165, 1.54) is 54.1 Å². The third kappa shape index (κ3) is 11.6. The van der Waals surface area contributed by atoms with Gasteiger partial charge in [0.15, 0.2) is 0 Å². The molecule has 266 valence electrons. The van der Waals surface area contributed by atoms with Gasteiger partial charge in [-0.05, 0) is 59.5 Å². The average molecular weight is 699 g/mol. The predicted octanol–water partition coefficient (Wildman–Crippen LogP) is 5.71.